The predicted molar refractivity (Wildman–Crippen MR) is 111 cm³/mol. The van der Waals surface area contributed by atoms with Crippen LogP contribution in [0.15, 0.2) is 84.9 Å². The molecule has 3 aromatic carbocycles. The van der Waals surface area contributed by atoms with E-state index < -0.39 is 17.7 Å². The minimum atomic E-state index is -4.53. The standard InChI is InChI=1S/C22H14F3IO2/c23-22(24,25)18-13-7-12-17(14-18)21(27)28-20(16-10-5-2-6-11-16)19(26)15-8-3-1-4-9-15/h1-14H/b20-19+. The van der Waals surface area contributed by atoms with Crippen LogP contribution in [0.1, 0.15) is 27.0 Å². The highest BCUT2D eigenvalue weighted by molar-refractivity contribution is 14.1. The second kappa shape index (κ2) is 8.60. The van der Waals surface area contributed by atoms with Crippen molar-refractivity contribution >= 4 is 37.9 Å². The summed E-state index contributed by atoms with van der Waals surface area (Å²) < 4.78 is 45.1. The molecular weight excluding hydrogens is 480 g/mol. The van der Waals surface area contributed by atoms with Gasteiger partial charge in [-0.25, -0.2) is 4.79 Å². The Morgan fingerprint density at radius 1 is 0.750 bits per heavy atom. The van der Waals surface area contributed by atoms with Gasteiger partial charge in [-0.2, -0.15) is 13.2 Å². The molecule has 6 heteroatoms. The molecule has 0 aromatic heterocycles. The van der Waals surface area contributed by atoms with E-state index in [2.05, 4.69) is 22.6 Å². The fraction of sp³-hybridized carbons (Fsp3) is 0.0455. The molecule has 2 nitrogen and oxygen atoms in total. The van der Waals surface area contributed by atoms with E-state index in [0.29, 0.717) is 9.14 Å². The molecule has 0 aliphatic rings. The van der Waals surface area contributed by atoms with Gasteiger partial charge in [0.05, 0.1) is 14.7 Å². The van der Waals surface area contributed by atoms with Crippen LogP contribution in [-0.4, -0.2) is 5.97 Å². The molecule has 0 N–H and O–H groups in total. The lowest BCUT2D eigenvalue weighted by molar-refractivity contribution is -0.137. The van der Waals surface area contributed by atoms with Crippen molar-refractivity contribution in [3.8, 4) is 0 Å². The van der Waals surface area contributed by atoms with E-state index >= 15 is 0 Å². The molecule has 0 unspecified atom stereocenters. The first kappa shape index (κ1) is 20.1. The maximum Gasteiger partial charge on any atom is 0.416 e. The number of carbonyl (C=O) groups excluding carboxylic acids is 1. The van der Waals surface area contributed by atoms with Crippen molar-refractivity contribution in [1.82, 2.24) is 0 Å². The third-order valence-corrected chi connectivity index (χ3v) is 5.00. The van der Waals surface area contributed by atoms with Crippen LogP contribution in [0.5, 0.6) is 0 Å². The Hall–Kier alpha value is -2.61. The third-order valence-electron chi connectivity index (χ3n) is 3.88. The number of esters is 1. The summed E-state index contributed by atoms with van der Waals surface area (Å²) >= 11 is 2.07. The lowest BCUT2D eigenvalue weighted by Crippen LogP contribution is -2.09. The first-order chi connectivity index (χ1) is 13.4. The average molecular weight is 494 g/mol. The number of rotatable bonds is 4. The fourth-order valence-corrected chi connectivity index (χ4v) is 3.29. The van der Waals surface area contributed by atoms with E-state index in [0.717, 1.165) is 17.7 Å². The van der Waals surface area contributed by atoms with Crippen molar-refractivity contribution in [1.29, 1.82) is 0 Å². The van der Waals surface area contributed by atoms with Crippen LogP contribution in [0, 0.1) is 0 Å². The van der Waals surface area contributed by atoms with Crippen LogP contribution in [0.2, 0.25) is 0 Å². The molecule has 142 valence electrons. The molecule has 0 bridgehead atoms. The highest BCUT2D eigenvalue weighted by Gasteiger charge is 2.31. The molecule has 28 heavy (non-hydrogen) atoms. The van der Waals surface area contributed by atoms with Gasteiger partial charge in [-0.05, 0) is 46.4 Å². The molecule has 0 fully saturated rings. The smallest absolute Gasteiger partial charge is 0.416 e. The highest BCUT2D eigenvalue weighted by Crippen LogP contribution is 2.34. The first-order valence-corrected chi connectivity index (χ1v) is 9.34. The number of ether oxygens (including phenoxy) is 1. The average Bonchev–Trinajstić information content (AvgIpc) is 2.72. The Bertz CT molecular complexity index is 997. The summed E-state index contributed by atoms with van der Waals surface area (Å²) in [7, 11) is 0. The van der Waals surface area contributed by atoms with E-state index in [1.54, 1.807) is 24.3 Å². The number of hydrogen-bond donors (Lipinski definition) is 0. The molecule has 0 aliphatic carbocycles. The normalized spacial score (nSPS) is 12.3. The molecule has 0 atom stereocenters. The van der Waals surface area contributed by atoms with E-state index in [1.807, 2.05) is 36.4 Å². The summed E-state index contributed by atoms with van der Waals surface area (Å²) in [6.07, 6.45) is -4.53. The van der Waals surface area contributed by atoms with Gasteiger partial charge >= 0.3 is 12.1 Å². The third kappa shape index (κ3) is 4.81. The van der Waals surface area contributed by atoms with Gasteiger partial charge in [0.2, 0.25) is 0 Å². The first-order valence-electron chi connectivity index (χ1n) is 8.26. The van der Waals surface area contributed by atoms with Crippen LogP contribution >= 0.6 is 22.6 Å². The lowest BCUT2D eigenvalue weighted by Gasteiger charge is -2.13. The molecule has 0 saturated carbocycles. The van der Waals surface area contributed by atoms with Gasteiger partial charge in [0, 0.05) is 5.56 Å². The second-order valence-corrected chi connectivity index (χ2v) is 6.92. The SMILES string of the molecule is O=C(O/C(=C(/I)c1ccccc1)c1ccccc1)c1cccc(C(F)(F)F)c1. The van der Waals surface area contributed by atoms with E-state index in [9.17, 15) is 18.0 Å². The molecule has 3 aromatic rings. The van der Waals surface area contributed by atoms with Crippen LogP contribution < -0.4 is 0 Å². The van der Waals surface area contributed by atoms with Gasteiger partial charge < -0.3 is 4.74 Å². The van der Waals surface area contributed by atoms with Crippen molar-refractivity contribution in [2.45, 2.75) is 6.18 Å². The van der Waals surface area contributed by atoms with Gasteiger partial charge in [-0.15, -0.1) is 0 Å². The molecule has 3 rings (SSSR count). The topological polar surface area (TPSA) is 26.3 Å². The van der Waals surface area contributed by atoms with Crippen LogP contribution in [0.25, 0.3) is 9.34 Å². The van der Waals surface area contributed by atoms with Gasteiger partial charge in [0.15, 0.2) is 5.76 Å². The monoisotopic (exact) mass is 494 g/mol. The number of alkyl halides is 3. The van der Waals surface area contributed by atoms with Crippen molar-refractivity contribution in [2.24, 2.45) is 0 Å². The zero-order valence-electron chi connectivity index (χ0n) is 14.4. The maximum atomic E-state index is 12.9. The summed E-state index contributed by atoms with van der Waals surface area (Å²) in [5.41, 5.74) is 0.417. The maximum absolute atomic E-state index is 12.9. The number of carbonyl (C=O) groups is 1. The Labute approximate surface area is 173 Å². The molecular formula is C22H14F3IO2. The van der Waals surface area contributed by atoms with E-state index in [1.165, 1.54) is 12.1 Å². The second-order valence-electron chi connectivity index (χ2n) is 5.84. The molecule has 0 spiro atoms. The molecule has 0 radical (unpaired) electrons. The van der Waals surface area contributed by atoms with Crippen molar-refractivity contribution in [3.05, 3.63) is 107 Å². The Balaban J connectivity index is 2.00. The summed E-state index contributed by atoms with van der Waals surface area (Å²) in [6.45, 7) is 0. The molecule has 0 heterocycles. The number of benzene rings is 3. The zero-order chi connectivity index (χ0) is 20.1. The van der Waals surface area contributed by atoms with Gasteiger partial charge in [-0.3, -0.25) is 0 Å². The lowest BCUT2D eigenvalue weighted by atomic mass is 10.1. The summed E-state index contributed by atoms with van der Waals surface area (Å²) in [5, 5.41) is 0. The predicted octanol–water partition coefficient (Wildman–Crippen LogP) is 6.82. The fourth-order valence-electron chi connectivity index (χ4n) is 2.51. The zero-order valence-corrected chi connectivity index (χ0v) is 16.6. The summed E-state index contributed by atoms with van der Waals surface area (Å²) in [5.74, 6) is -0.565. The van der Waals surface area contributed by atoms with Crippen molar-refractivity contribution < 1.29 is 22.7 Å². The number of halogens is 4. The Morgan fingerprint density at radius 2 is 1.29 bits per heavy atom. The minimum absolute atomic E-state index is 0.166. The molecule has 0 amide bonds. The van der Waals surface area contributed by atoms with Crippen molar-refractivity contribution in [3.63, 3.8) is 0 Å². The Morgan fingerprint density at radius 3 is 1.86 bits per heavy atom. The summed E-state index contributed by atoms with van der Waals surface area (Å²) in [6, 6.07) is 22.5. The van der Waals surface area contributed by atoms with Crippen molar-refractivity contribution in [2.75, 3.05) is 0 Å². The van der Waals surface area contributed by atoms with Crippen LogP contribution in [0.3, 0.4) is 0 Å². The van der Waals surface area contributed by atoms with E-state index in [4.69, 9.17) is 4.74 Å². The van der Waals surface area contributed by atoms with Crippen LogP contribution in [-0.2, 0) is 10.9 Å². The Kier molecular flexibility index (Phi) is 6.18. The largest absolute Gasteiger partial charge is 0.421 e. The van der Waals surface area contributed by atoms with Gasteiger partial charge in [-0.1, -0.05) is 66.7 Å². The quantitative estimate of drug-likeness (QED) is 0.172. The molecule has 0 aliphatic heterocycles. The van der Waals surface area contributed by atoms with Gasteiger partial charge in [0.25, 0.3) is 0 Å². The highest BCUT2D eigenvalue weighted by atomic mass is 127. The minimum Gasteiger partial charge on any atom is -0.421 e. The van der Waals surface area contributed by atoms with E-state index in [-0.39, 0.29) is 11.3 Å². The van der Waals surface area contributed by atoms with Gasteiger partial charge in [0.1, 0.15) is 0 Å². The number of hydrogen-bond acceptors (Lipinski definition) is 2. The van der Waals surface area contributed by atoms with Crippen LogP contribution in [0.4, 0.5) is 13.2 Å². The molecule has 0 saturated heterocycles. The summed E-state index contributed by atoms with van der Waals surface area (Å²) in [4.78, 5) is 12.6.